The third-order valence-corrected chi connectivity index (χ3v) is 6.09. The van der Waals surface area contributed by atoms with Crippen LogP contribution in [-0.4, -0.2) is 57.7 Å². The summed E-state index contributed by atoms with van der Waals surface area (Å²) in [5.41, 5.74) is 8.81. The van der Waals surface area contributed by atoms with Crippen molar-refractivity contribution in [2.75, 3.05) is 45.2 Å². The molecule has 28 heavy (non-hydrogen) atoms. The van der Waals surface area contributed by atoms with Crippen LogP contribution in [0.3, 0.4) is 0 Å². The number of nitrogens with zero attached hydrogens (tertiary/aromatic N) is 3. The number of rotatable bonds is 6. The van der Waals surface area contributed by atoms with Gasteiger partial charge < -0.3 is 19.8 Å². The minimum absolute atomic E-state index is 0.200. The lowest BCUT2D eigenvalue weighted by atomic mass is 9.86. The van der Waals surface area contributed by atoms with Gasteiger partial charge in [0.15, 0.2) is 11.1 Å². The van der Waals surface area contributed by atoms with Crippen molar-refractivity contribution in [2.45, 2.75) is 31.7 Å². The van der Waals surface area contributed by atoms with E-state index in [9.17, 15) is 4.55 Å². The quantitative estimate of drug-likeness (QED) is 0.560. The fourth-order valence-electron chi connectivity index (χ4n) is 4.03. The molecule has 152 valence electrons. The maximum atomic E-state index is 11.2. The number of hydrogen-bond donors (Lipinski definition) is 2. The van der Waals surface area contributed by atoms with Gasteiger partial charge in [0.25, 0.3) is 0 Å². The summed E-state index contributed by atoms with van der Waals surface area (Å²) in [6, 6.07) is 6.89. The molecule has 2 heterocycles. The number of benzene rings is 1. The van der Waals surface area contributed by atoms with E-state index in [1.54, 1.807) is 0 Å². The summed E-state index contributed by atoms with van der Waals surface area (Å²) in [6.45, 7) is 4.77. The Kier molecular flexibility index (Phi) is 6.26. The van der Waals surface area contributed by atoms with Gasteiger partial charge in [0.05, 0.1) is 19.8 Å². The molecule has 0 spiro atoms. The molecule has 1 fully saturated rings. The molecule has 0 amide bonds. The van der Waals surface area contributed by atoms with Gasteiger partial charge in [-0.1, -0.05) is 12.1 Å². The van der Waals surface area contributed by atoms with Gasteiger partial charge in [-0.25, -0.2) is 0 Å². The number of aromatic nitrogens is 2. The van der Waals surface area contributed by atoms with Crippen molar-refractivity contribution >= 4 is 17.0 Å². The van der Waals surface area contributed by atoms with Crippen LogP contribution in [0.5, 0.6) is 5.75 Å². The maximum Gasteiger partial charge on any atom is 0.229 e. The van der Waals surface area contributed by atoms with E-state index in [2.05, 4.69) is 36.8 Å². The molecule has 0 radical (unpaired) electrons. The Balaban J connectivity index is 1.38. The zero-order valence-corrected chi connectivity index (χ0v) is 16.7. The van der Waals surface area contributed by atoms with Crippen LogP contribution >= 0.6 is 11.1 Å². The van der Waals surface area contributed by atoms with Gasteiger partial charge in [0.1, 0.15) is 5.75 Å². The number of morpholine rings is 1. The van der Waals surface area contributed by atoms with Crippen molar-refractivity contribution in [1.82, 2.24) is 13.6 Å². The smallest absolute Gasteiger partial charge is 0.229 e. The molecule has 0 saturated carbocycles. The zero-order chi connectivity index (χ0) is 19.3. The molecule has 1 aromatic carbocycles. The molecule has 8 nitrogen and oxygen atoms in total. The third-order valence-electron chi connectivity index (χ3n) is 5.36. The van der Waals surface area contributed by atoms with Gasteiger partial charge in [0, 0.05) is 36.5 Å². The van der Waals surface area contributed by atoms with Gasteiger partial charge in [-0.2, -0.15) is 0 Å². The predicted octanol–water partition coefficient (Wildman–Crippen LogP) is 1.80. The first-order chi connectivity index (χ1) is 13.7. The number of anilines is 1. The first-order valence-corrected chi connectivity index (χ1v) is 11.0. The highest BCUT2D eigenvalue weighted by molar-refractivity contribution is 7.13. The van der Waals surface area contributed by atoms with E-state index >= 15 is 0 Å². The summed E-state index contributed by atoms with van der Waals surface area (Å²) in [7, 11) is 0. The predicted molar refractivity (Wildman–Crippen MR) is 107 cm³/mol. The Morgan fingerprint density at radius 3 is 3.04 bits per heavy atom. The molecule has 1 aliphatic carbocycles. The molecule has 4 rings (SSSR count). The second kappa shape index (κ2) is 9.04. The Morgan fingerprint density at radius 2 is 2.25 bits per heavy atom. The number of nitrogens with one attached hydrogen (secondary N) is 1. The highest BCUT2D eigenvalue weighted by Gasteiger charge is 2.28. The Morgan fingerprint density at radius 1 is 1.39 bits per heavy atom. The molecule has 2 aromatic rings. The SMILES string of the molecule is Nc1n[s+]([O-])[nH]c1=NCCCOc1cccc2c1CCCC2N1CCOCC1. The van der Waals surface area contributed by atoms with Crippen molar-refractivity contribution < 1.29 is 14.0 Å². The van der Waals surface area contributed by atoms with Crippen molar-refractivity contribution in [3.8, 4) is 5.75 Å². The number of nitrogen functional groups attached to an aromatic ring is 1. The highest BCUT2D eigenvalue weighted by atomic mass is 32.2. The van der Waals surface area contributed by atoms with Crippen LogP contribution in [0.25, 0.3) is 0 Å². The highest BCUT2D eigenvalue weighted by Crippen LogP contribution is 2.38. The molecule has 2 aliphatic rings. The van der Waals surface area contributed by atoms with E-state index in [4.69, 9.17) is 15.2 Å². The Hall–Kier alpha value is -1.94. The number of ether oxygens (including phenoxy) is 2. The number of aromatic amines is 1. The number of fused-ring (bicyclic) bond motifs is 1. The van der Waals surface area contributed by atoms with Crippen LogP contribution in [0.4, 0.5) is 5.82 Å². The largest absolute Gasteiger partial charge is 0.548 e. The number of nitrogens with two attached hydrogens (primary N) is 1. The summed E-state index contributed by atoms with van der Waals surface area (Å²) in [4.78, 5) is 6.85. The summed E-state index contributed by atoms with van der Waals surface area (Å²) in [5, 5.41) is 0. The lowest BCUT2D eigenvalue weighted by Crippen LogP contribution is -2.40. The monoisotopic (exact) mass is 405 g/mol. The Labute approximate surface area is 167 Å². The average Bonchev–Trinajstić information content (AvgIpc) is 3.05. The standard InChI is InChI=1S/C19H27N5O3S/c20-18-19(23-28(25)22-18)21-8-3-11-27-17-7-2-4-14-15(17)5-1-6-16(14)24-9-12-26-13-10-24/h2,4,7,16H,1,3,5-6,8-13H2,(H2,20,22)(H,21,23). The van der Waals surface area contributed by atoms with Crippen LogP contribution in [0.2, 0.25) is 0 Å². The van der Waals surface area contributed by atoms with Crippen LogP contribution in [0.1, 0.15) is 36.4 Å². The van der Waals surface area contributed by atoms with E-state index < -0.39 is 11.1 Å². The van der Waals surface area contributed by atoms with Gasteiger partial charge in [-0.3, -0.25) is 9.89 Å². The third kappa shape index (κ3) is 4.38. The molecule has 2 unspecified atom stereocenters. The first-order valence-electron chi connectivity index (χ1n) is 9.86. The molecule has 0 bridgehead atoms. The van der Waals surface area contributed by atoms with Crippen molar-refractivity contribution in [1.29, 1.82) is 0 Å². The van der Waals surface area contributed by atoms with Crippen molar-refractivity contribution in [2.24, 2.45) is 4.99 Å². The zero-order valence-electron chi connectivity index (χ0n) is 15.9. The van der Waals surface area contributed by atoms with Crippen LogP contribution in [0, 0.1) is 0 Å². The van der Waals surface area contributed by atoms with Crippen LogP contribution in [0.15, 0.2) is 23.2 Å². The fraction of sp³-hybridized carbons (Fsp3) is 0.579. The van der Waals surface area contributed by atoms with Crippen molar-refractivity contribution in [3.05, 3.63) is 34.8 Å². The van der Waals surface area contributed by atoms with E-state index in [1.807, 2.05) is 0 Å². The summed E-state index contributed by atoms with van der Waals surface area (Å²) < 4.78 is 29.2. The average molecular weight is 406 g/mol. The molecule has 1 saturated heterocycles. The molecule has 1 aromatic heterocycles. The normalized spacial score (nSPS) is 21.5. The summed E-state index contributed by atoms with van der Waals surface area (Å²) >= 11 is -1.49. The molecule has 1 aliphatic heterocycles. The van der Waals surface area contributed by atoms with Crippen molar-refractivity contribution in [3.63, 3.8) is 0 Å². The first kappa shape index (κ1) is 19.4. The molecular weight excluding hydrogens is 378 g/mol. The van der Waals surface area contributed by atoms with Gasteiger partial charge in [0.2, 0.25) is 11.3 Å². The lowest BCUT2D eigenvalue weighted by molar-refractivity contribution is 0.0123. The molecule has 9 heteroatoms. The van der Waals surface area contributed by atoms with Crippen LogP contribution < -0.4 is 16.0 Å². The van der Waals surface area contributed by atoms with E-state index in [1.165, 1.54) is 24.0 Å². The minimum atomic E-state index is -1.49. The summed E-state index contributed by atoms with van der Waals surface area (Å²) in [5.74, 6) is 1.19. The van der Waals surface area contributed by atoms with Crippen LogP contribution in [-0.2, 0) is 11.2 Å². The molecule has 2 atom stereocenters. The van der Waals surface area contributed by atoms with E-state index in [0.717, 1.165) is 44.9 Å². The lowest BCUT2D eigenvalue weighted by Gasteiger charge is -2.38. The van der Waals surface area contributed by atoms with E-state index in [-0.39, 0.29) is 5.82 Å². The molecule has 3 N–H and O–H groups in total. The van der Waals surface area contributed by atoms with Gasteiger partial charge >= 0.3 is 0 Å². The van der Waals surface area contributed by atoms with Gasteiger partial charge in [-0.05, 0) is 36.5 Å². The topological polar surface area (TPSA) is 112 Å². The van der Waals surface area contributed by atoms with E-state index in [0.29, 0.717) is 24.7 Å². The van der Waals surface area contributed by atoms with Gasteiger partial charge in [-0.15, -0.1) is 4.37 Å². The maximum absolute atomic E-state index is 11.2. The second-order valence-corrected chi connectivity index (χ2v) is 8.03. The second-order valence-electron chi connectivity index (χ2n) is 7.14. The number of hydrogen-bond acceptors (Lipinski definition) is 7. The minimum Gasteiger partial charge on any atom is -0.548 e. The summed E-state index contributed by atoms with van der Waals surface area (Å²) in [6.07, 6.45) is 4.20. The Bertz CT molecular complexity index is 859. The number of H-pyrrole nitrogens is 1. The fourth-order valence-corrected chi connectivity index (χ4v) is 4.68. The molecular formula is C19H27N5O3S.